The van der Waals surface area contributed by atoms with Gasteiger partial charge in [0.2, 0.25) is 5.91 Å². The number of carbonyl (C=O) groups excluding carboxylic acids is 1. The minimum Gasteiger partial charge on any atom is -0.481 e. The first-order chi connectivity index (χ1) is 8.07. The Hall–Kier alpha value is -1.10. The van der Waals surface area contributed by atoms with Gasteiger partial charge in [-0.25, -0.2) is 0 Å². The number of carboxylic acids is 1. The summed E-state index contributed by atoms with van der Waals surface area (Å²) in [7, 11) is 1.61. The first-order valence-electron chi connectivity index (χ1n) is 6.10. The number of hydrogen-bond acceptors (Lipinski definition) is 3. The lowest BCUT2D eigenvalue weighted by Gasteiger charge is -2.42. The van der Waals surface area contributed by atoms with Crippen molar-refractivity contribution in [1.82, 2.24) is 5.32 Å². The summed E-state index contributed by atoms with van der Waals surface area (Å²) < 4.78 is 5.11. The molecule has 0 radical (unpaired) electrons. The van der Waals surface area contributed by atoms with E-state index in [4.69, 9.17) is 9.84 Å². The third-order valence-electron chi connectivity index (χ3n) is 4.04. The summed E-state index contributed by atoms with van der Waals surface area (Å²) >= 11 is 0. The Kier molecular flexibility index (Phi) is 3.38. The third kappa shape index (κ3) is 2.29. The molecule has 5 heteroatoms. The minimum absolute atomic E-state index is 0.0398. The van der Waals surface area contributed by atoms with E-state index in [9.17, 15) is 9.59 Å². The van der Waals surface area contributed by atoms with Crippen LogP contribution in [-0.4, -0.2) is 36.7 Å². The van der Waals surface area contributed by atoms with E-state index in [0.29, 0.717) is 19.4 Å². The van der Waals surface area contributed by atoms with Crippen molar-refractivity contribution < 1.29 is 19.4 Å². The molecule has 2 N–H and O–H groups in total. The SMILES string of the molecule is COCC1(C(=O)NC2CC(C(=O)O)C2)CCC1. The zero-order valence-electron chi connectivity index (χ0n) is 10.1. The van der Waals surface area contributed by atoms with E-state index in [1.807, 2.05) is 0 Å². The molecule has 5 nitrogen and oxygen atoms in total. The van der Waals surface area contributed by atoms with Crippen LogP contribution in [0, 0.1) is 11.3 Å². The molecule has 0 atom stereocenters. The molecule has 2 aliphatic carbocycles. The molecule has 1 amide bonds. The Morgan fingerprint density at radius 3 is 2.47 bits per heavy atom. The van der Waals surface area contributed by atoms with Crippen LogP contribution in [0.25, 0.3) is 0 Å². The highest BCUT2D eigenvalue weighted by Gasteiger charge is 2.46. The van der Waals surface area contributed by atoms with Crippen molar-refractivity contribution in [3.05, 3.63) is 0 Å². The Labute approximate surface area is 101 Å². The predicted octanol–water partition coefficient (Wildman–Crippen LogP) is 0.782. The molecule has 96 valence electrons. The molecule has 0 saturated heterocycles. The third-order valence-corrected chi connectivity index (χ3v) is 4.04. The van der Waals surface area contributed by atoms with Crippen LogP contribution >= 0.6 is 0 Å². The number of hydrogen-bond donors (Lipinski definition) is 2. The van der Waals surface area contributed by atoms with Crippen LogP contribution < -0.4 is 5.32 Å². The largest absolute Gasteiger partial charge is 0.481 e. The molecule has 0 spiro atoms. The summed E-state index contributed by atoms with van der Waals surface area (Å²) in [6, 6.07) is 0.0398. The molecule has 0 aliphatic heterocycles. The quantitative estimate of drug-likeness (QED) is 0.746. The molecule has 0 aromatic carbocycles. The van der Waals surface area contributed by atoms with Gasteiger partial charge in [0.25, 0.3) is 0 Å². The van der Waals surface area contributed by atoms with Crippen LogP contribution in [0.2, 0.25) is 0 Å². The number of amides is 1. The second-order valence-corrected chi connectivity index (χ2v) is 5.24. The number of ether oxygens (including phenoxy) is 1. The number of nitrogens with one attached hydrogen (secondary N) is 1. The van der Waals surface area contributed by atoms with Gasteiger partial charge in [-0.05, 0) is 25.7 Å². The molecule has 0 unspecified atom stereocenters. The van der Waals surface area contributed by atoms with Gasteiger partial charge in [-0.3, -0.25) is 9.59 Å². The first-order valence-corrected chi connectivity index (χ1v) is 6.10. The molecule has 0 aromatic rings. The van der Waals surface area contributed by atoms with Gasteiger partial charge in [0.1, 0.15) is 0 Å². The van der Waals surface area contributed by atoms with Gasteiger partial charge >= 0.3 is 5.97 Å². The van der Waals surface area contributed by atoms with Crippen molar-refractivity contribution in [1.29, 1.82) is 0 Å². The lowest BCUT2D eigenvalue weighted by atomic mass is 9.68. The molecule has 17 heavy (non-hydrogen) atoms. The van der Waals surface area contributed by atoms with Crippen molar-refractivity contribution in [3.8, 4) is 0 Å². The van der Waals surface area contributed by atoms with Crippen molar-refractivity contribution in [3.63, 3.8) is 0 Å². The van der Waals surface area contributed by atoms with E-state index in [-0.39, 0.29) is 23.3 Å². The molecule has 2 rings (SSSR count). The molecule has 0 bridgehead atoms. The summed E-state index contributed by atoms with van der Waals surface area (Å²) in [5, 5.41) is 11.7. The Morgan fingerprint density at radius 1 is 1.41 bits per heavy atom. The van der Waals surface area contributed by atoms with Crippen molar-refractivity contribution in [2.45, 2.75) is 38.1 Å². The van der Waals surface area contributed by atoms with Crippen LogP contribution in [0.4, 0.5) is 0 Å². The molecule has 2 saturated carbocycles. The molecule has 2 aliphatic rings. The van der Waals surface area contributed by atoms with Gasteiger partial charge < -0.3 is 15.2 Å². The standard InChI is InChI=1S/C12H19NO4/c1-17-7-12(3-2-4-12)11(16)13-9-5-8(6-9)10(14)15/h8-9H,2-7H2,1H3,(H,13,16)(H,14,15). The van der Waals surface area contributed by atoms with Gasteiger partial charge in [0.15, 0.2) is 0 Å². The smallest absolute Gasteiger partial charge is 0.306 e. The van der Waals surface area contributed by atoms with Crippen LogP contribution in [0.1, 0.15) is 32.1 Å². The summed E-state index contributed by atoms with van der Waals surface area (Å²) in [4.78, 5) is 22.7. The van der Waals surface area contributed by atoms with Crippen LogP contribution in [0.15, 0.2) is 0 Å². The van der Waals surface area contributed by atoms with E-state index < -0.39 is 5.97 Å². The Morgan fingerprint density at radius 2 is 2.06 bits per heavy atom. The minimum atomic E-state index is -0.759. The molecule has 0 heterocycles. The lowest BCUT2D eigenvalue weighted by molar-refractivity contribution is -0.149. The van der Waals surface area contributed by atoms with E-state index in [0.717, 1.165) is 19.3 Å². The second-order valence-electron chi connectivity index (χ2n) is 5.24. The zero-order valence-corrected chi connectivity index (χ0v) is 10.1. The molecular weight excluding hydrogens is 222 g/mol. The van der Waals surface area contributed by atoms with E-state index in [1.165, 1.54) is 0 Å². The number of methoxy groups -OCH3 is 1. The highest BCUT2D eigenvalue weighted by atomic mass is 16.5. The zero-order chi connectivity index (χ0) is 12.5. The first kappa shape index (κ1) is 12.4. The van der Waals surface area contributed by atoms with Crippen molar-refractivity contribution >= 4 is 11.9 Å². The number of aliphatic carboxylic acids is 1. The monoisotopic (exact) mass is 241 g/mol. The average molecular weight is 241 g/mol. The summed E-state index contributed by atoms with van der Waals surface area (Å²) in [6.07, 6.45) is 3.94. The highest BCUT2D eigenvalue weighted by molar-refractivity contribution is 5.84. The van der Waals surface area contributed by atoms with Crippen molar-refractivity contribution in [2.24, 2.45) is 11.3 Å². The summed E-state index contributed by atoms with van der Waals surface area (Å²) in [6.45, 7) is 0.466. The molecular formula is C12H19NO4. The number of rotatable bonds is 5. The highest BCUT2D eigenvalue weighted by Crippen LogP contribution is 2.42. The van der Waals surface area contributed by atoms with Gasteiger partial charge in [-0.2, -0.15) is 0 Å². The van der Waals surface area contributed by atoms with E-state index in [2.05, 4.69) is 5.32 Å². The van der Waals surface area contributed by atoms with Crippen LogP contribution in [-0.2, 0) is 14.3 Å². The maximum Gasteiger partial charge on any atom is 0.306 e. The fourth-order valence-electron chi connectivity index (χ4n) is 2.59. The fourth-order valence-corrected chi connectivity index (χ4v) is 2.59. The fraction of sp³-hybridized carbons (Fsp3) is 0.833. The van der Waals surface area contributed by atoms with Gasteiger partial charge in [-0.15, -0.1) is 0 Å². The maximum absolute atomic E-state index is 12.1. The Bertz CT molecular complexity index is 318. The predicted molar refractivity (Wildman–Crippen MR) is 60.5 cm³/mol. The van der Waals surface area contributed by atoms with Crippen molar-refractivity contribution in [2.75, 3.05) is 13.7 Å². The lowest BCUT2D eigenvalue weighted by Crippen LogP contribution is -2.55. The van der Waals surface area contributed by atoms with Gasteiger partial charge in [-0.1, -0.05) is 6.42 Å². The summed E-state index contributed by atoms with van der Waals surface area (Å²) in [5.41, 5.74) is -0.344. The van der Waals surface area contributed by atoms with Gasteiger partial charge in [0, 0.05) is 13.2 Å². The molecule has 0 aromatic heterocycles. The van der Waals surface area contributed by atoms with E-state index >= 15 is 0 Å². The number of carbonyl (C=O) groups is 2. The van der Waals surface area contributed by atoms with Crippen LogP contribution in [0.3, 0.4) is 0 Å². The van der Waals surface area contributed by atoms with Crippen LogP contribution in [0.5, 0.6) is 0 Å². The normalized spacial score (nSPS) is 29.9. The summed E-state index contributed by atoms with van der Waals surface area (Å²) in [5.74, 6) is -0.995. The number of carboxylic acid groups (broad SMARTS) is 1. The molecule has 2 fully saturated rings. The van der Waals surface area contributed by atoms with Gasteiger partial charge in [0.05, 0.1) is 17.9 Å². The van der Waals surface area contributed by atoms with E-state index in [1.54, 1.807) is 7.11 Å². The Balaban J connectivity index is 1.80. The average Bonchev–Trinajstić information content (AvgIpc) is 2.15. The topological polar surface area (TPSA) is 75.6 Å². The maximum atomic E-state index is 12.1. The second kappa shape index (κ2) is 4.64.